The molecule has 0 atom stereocenters. The summed E-state index contributed by atoms with van der Waals surface area (Å²) < 4.78 is 43.8. The Kier molecular flexibility index (Phi) is 3.93. The van der Waals surface area contributed by atoms with E-state index in [2.05, 4.69) is 4.74 Å². The molecule has 16 heavy (non-hydrogen) atoms. The number of carbonyl (C=O) groups excluding carboxylic acids is 1. The van der Waals surface area contributed by atoms with Gasteiger partial charge in [-0.25, -0.2) is 13.2 Å². The molecule has 0 unspecified atom stereocenters. The molecule has 0 aromatic heterocycles. The van der Waals surface area contributed by atoms with Crippen LogP contribution in [0.4, 0.5) is 13.2 Å². The molecule has 0 saturated heterocycles. The summed E-state index contributed by atoms with van der Waals surface area (Å²) in [4.78, 5) is 10.9. The summed E-state index contributed by atoms with van der Waals surface area (Å²) in [5.74, 6) is -4.91. The van der Waals surface area contributed by atoms with E-state index in [4.69, 9.17) is 0 Å². The van der Waals surface area contributed by atoms with Gasteiger partial charge in [0.15, 0.2) is 0 Å². The van der Waals surface area contributed by atoms with Crippen LogP contribution in [-0.4, -0.2) is 12.6 Å². The van der Waals surface area contributed by atoms with Gasteiger partial charge in [-0.15, -0.1) is 0 Å². The number of hydrogen-bond donors (Lipinski definition) is 0. The van der Waals surface area contributed by atoms with E-state index >= 15 is 0 Å². The second-order valence-electron chi connectivity index (χ2n) is 3.19. The molecular formula is C11H11F3O2. The Balaban J connectivity index is 2.76. The van der Waals surface area contributed by atoms with Gasteiger partial charge in [0, 0.05) is 5.56 Å². The van der Waals surface area contributed by atoms with Gasteiger partial charge in [0.1, 0.15) is 12.2 Å². The number of halogens is 3. The van der Waals surface area contributed by atoms with Crippen molar-refractivity contribution in [3.8, 4) is 0 Å². The molecule has 1 rings (SSSR count). The molecule has 0 aliphatic heterocycles. The number of ether oxygens (including phenoxy) is 1. The molecule has 1 aromatic rings. The lowest BCUT2D eigenvalue weighted by atomic mass is 10.1. The van der Waals surface area contributed by atoms with E-state index in [1.165, 1.54) is 6.92 Å². The zero-order chi connectivity index (χ0) is 12.2. The molecule has 2 nitrogen and oxygen atoms in total. The number of rotatable bonds is 4. The first-order valence-corrected chi connectivity index (χ1v) is 4.75. The normalized spacial score (nSPS) is 11.2. The first kappa shape index (κ1) is 12.5. The van der Waals surface area contributed by atoms with Gasteiger partial charge in [-0.1, -0.05) is 12.1 Å². The Hall–Kier alpha value is -1.52. The molecule has 0 radical (unpaired) electrons. The SMILES string of the molecule is CCOC(=O)CC(F)(F)c1ccc(F)cc1. The molecule has 0 aliphatic carbocycles. The molecule has 0 saturated carbocycles. The van der Waals surface area contributed by atoms with Gasteiger partial charge in [-0.05, 0) is 19.1 Å². The first-order valence-electron chi connectivity index (χ1n) is 4.75. The van der Waals surface area contributed by atoms with Gasteiger partial charge in [0.2, 0.25) is 0 Å². The minimum absolute atomic E-state index is 0.0539. The summed E-state index contributed by atoms with van der Waals surface area (Å²) in [5.41, 5.74) is -0.401. The molecule has 0 heterocycles. The predicted molar refractivity (Wildman–Crippen MR) is 51.5 cm³/mol. The minimum Gasteiger partial charge on any atom is -0.466 e. The van der Waals surface area contributed by atoms with Crippen molar-refractivity contribution in [3.63, 3.8) is 0 Å². The van der Waals surface area contributed by atoms with Crippen molar-refractivity contribution in [3.05, 3.63) is 35.6 Å². The van der Waals surface area contributed by atoms with Crippen molar-refractivity contribution >= 4 is 5.97 Å². The van der Waals surface area contributed by atoms with Gasteiger partial charge in [-0.3, -0.25) is 4.79 Å². The van der Waals surface area contributed by atoms with E-state index in [-0.39, 0.29) is 6.61 Å². The Morgan fingerprint density at radius 2 is 1.88 bits per heavy atom. The summed E-state index contributed by atoms with van der Waals surface area (Å²) >= 11 is 0. The number of benzene rings is 1. The standard InChI is InChI=1S/C11H11F3O2/c1-2-16-10(15)7-11(13,14)8-3-5-9(12)6-4-8/h3-6H,2,7H2,1H3. The number of alkyl halides is 2. The van der Waals surface area contributed by atoms with Crippen molar-refractivity contribution in [1.29, 1.82) is 0 Å². The van der Waals surface area contributed by atoms with E-state index in [0.29, 0.717) is 0 Å². The maximum Gasteiger partial charge on any atom is 0.312 e. The topological polar surface area (TPSA) is 26.3 Å². The van der Waals surface area contributed by atoms with Crippen LogP contribution in [0.3, 0.4) is 0 Å². The largest absolute Gasteiger partial charge is 0.466 e. The van der Waals surface area contributed by atoms with E-state index in [9.17, 15) is 18.0 Å². The van der Waals surface area contributed by atoms with E-state index in [1.54, 1.807) is 0 Å². The highest BCUT2D eigenvalue weighted by molar-refractivity contribution is 5.70. The van der Waals surface area contributed by atoms with Crippen molar-refractivity contribution in [1.82, 2.24) is 0 Å². The zero-order valence-electron chi connectivity index (χ0n) is 8.67. The van der Waals surface area contributed by atoms with Crippen LogP contribution in [0.2, 0.25) is 0 Å². The maximum atomic E-state index is 13.4. The van der Waals surface area contributed by atoms with E-state index < -0.39 is 29.7 Å². The van der Waals surface area contributed by atoms with Gasteiger partial charge in [-0.2, -0.15) is 0 Å². The smallest absolute Gasteiger partial charge is 0.312 e. The summed E-state index contributed by atoms with van der Waals surface area (Å²) in [6, 6.07) is 3.76. The number of carbonyl (C=O) groups is 1. The zero-order valence-corrected chi connectivity index (χ0v) is 8.67. The molecule has 0 N–H and O–H groups in total. The Labute approximate surface area is 91.0 Å². The maximum absolute atomic E-state index is 13.4. The van der Waals surface area contributed by atoms with Crippen LogP contribution >= 0.6 is 0 Å². The lowest BCUT2D eigenvalue weighted by molar-refractivity contribution is -0.151. The third-order valence-electron chi connectivity index (χ3n) is 1.94. The third-order valence-corrected chi connectivity index (χ3v) is 1.94. The van der Waals surface area contributed by atoms with Gasteiger partial charge < -0.3 is 4.74 Å². The average Bonchev–Trinajstić information content (AvgIpc) is 2.17. The van der Waals surface area contributed by atoms with Crippen LogP contribution in [0.15, 0.2) is 24.3 Å². The van der Waals surface area contributed by atoms with Crippen LogP contribution < -0.4 is 0 Å². The molecule has 1 aromatic carbocycles. The third kappa shape index (κ3) is 3.25. The lowest BCUT2D eigenvalue weighted by Crippen LogP contribution is -2.20. The van der Waals surface area contributed by atoms with E-state index in [0.717, 1.165) is 24.3 Å². The summed E-state index contributed by atoms with van der Waals surface area (Å²) in [5, 5.41) is 0. The molecule has 0 amide bonds. The Morgan fingerprint density at radius 3 is 2.38 bits per heavy atom. The predicted octanol–water partition coefficient (Wildman–Crippen LogP) is 2.87. The minimum atomic E-state index is -3.33. The van der Waals surface area contributed by atoms with E-state index in [1.807, 2.05) is 0 Å². The van der Waals surface area contributed by atoms with Crippen LogP contribution in [0.25, 0.3) is 0 Å². The Bertz CT molecular complexity index is 360. The number of esters is 1. The molecule has 0 aliphatic rings. The number of hydrogen-bond acceptors (Lipinski definition) is 2. The highest BCUT2D eigenvalue weighted by atomic mass is 19.3. The molecule has 5 heteroatoms. The average molecular weight is 232 g/mol. The van der Waals surface area contributed by atoms with Crippen LogP contribution in [0, 0.1) is 5.82 Å². The second kappa shape index (κ2) is 5.01. The molecule has 88 valence electrons. The van der Waals surface area contributed by atoms with Gasteiger partial charge >= 0.3 is 5.97 Å². The van der Waals surface area contributed by atoms with Crippen LogP contribution in [0.1, 0.15) is 18.9 Å². The first-order chi connectivity index (χ1) is 7.45. The summed E-state index contributed by atoms with van der Waals surface area (Å²) in [6.07, 6.45) is -1.04. The van der Waals surface area contributed by atoms with Crippen molar-refractivity contribution in [2.24, 2.45) is 0 Å². The fourth-order valence-electron chi connectivity index (χ4n) is 1.19. The second-order valence-corrected chi connectivity index (χ2v) is 3.19. The van der Waals surface area contributed by atoms with Gasteiger partial charge in [0.05, 0.1) is 6.61 Å². The van der Waals surface area contributed by atoms with Crippen LogP contribution in [-0.2, 0) is 15.5 Å². The monoisotopic (exact) mass is 232 g/mol. The highest BCUT2D eigenvalue weighted by Crippen LogP contribution is 2.31. The van der Waals surface area contributed by atoms with Crippen molar-refractivity contribution < 1.29 is 22.7 Å². The summed E-state index contributed by atoms with van der Waals surface area (Å²) in [6.45, 7) is 1.59. The van der Waals surface area contributed by atoms with Gasteiger partial charge in [0.25, 0.3) is 5.92 Å². The Morgan fingerprint density at radius 1 is 1.31 bits per heavy atom. The highest BCUT2D eigenvalue weighted by Gasteiger charge is 2.35. The quantitative estimate of drug-likeness (QED) is 0.746. The fourth-order valence-corrected chi connectivity index (χ4v) is 1.19. The summed E-state index contributed by atoms with van der Waals surface area (Å²) in [7, 11) is 0. The van der Waals surface area contributed by atoms with Crippen molar-refractivity contribution in [2.75, 3.05) is 6.61 Å². The van der Waals surface area contributed by atoms with Crippen LogP contribution in [0.5, 0.6) is 0 Å². The van der Waals surface area contributed by atoms with Crippen molar-refractivity contribution in [2.45, 2.75) is 19.3 Å². The molecule has 0 bridgehead atoms. The lowest BCUT2D eigenvalue weighted by Gasteiger charge is -2.15. The molecular weight excluding hydrogens is 221 g/mol. The molecule has 0 spiro atoms. The molecule has 0 fully saturated rings. The fraction of sp³-hybridized carbons (Fsp3) is 0.364.